The number of nitrogens with zero attached hydrogens (tertiary/aromatic N) is 1. The fourth-order valence-electron chi connectivity index (χ4n) is 5.85. The molecule has 2 atom stereocenters. The molecule has 2 unspecified atom stereocenters. The zero-order valence-electron chi connectivity index (χ0n) is 15.9. The third-order valence-corrected chi connectivity index (χ3v) is 7.93. The Morgan fingerprint density at radius 3 is 2.46 bits per heavy atom. The van der Waals surface area contributed by atoms with E-state index >= 15 is 0 Å². The monoisotopic (exact) mass is 396 g/mol. The number of rotatable bonds is 4. The molecule has 4 saturated carbocycles. The van der Waals surface area contributed by atoms with E-state index in [4.69, 9.17) is 0 Å². The van der Waals surface area contributed by atoms with E-state index in [0.717, 1.165) is 32.1 Å². The molecule has 2 aromatic rings. The van der Waals surface area contributed by atoms with Crippen LogP contribution in [0, 0.1) is 24.7 Å². The fourth-order valence-corrected chi connectivity index (χ4v) is 6.78. The van der Waals surface area contributed by atoms with Crippen molar-refractivity contribution >= 4 is 23.0 Å². The molecule has 0 aliphatic heterocycles. The molecule has 2 N–H and O–H groups in total. The molecule has 4 fully saturated rings. The van der Waals surface area contributed by atoms with Gasteiger partial charge in [-0.3, -0.25) is 9.59 Å². The molecule has 146 valence electrons. The summed E-state index contributed by atoms with van der Waals surface area (Å²) in [5.74, 6) is 1.05. The molecule has 1 amide bonds. The first kappa shape index (κ1) is 18.0. The van der Waals surface area contributed by atoms with Gasteiger partial charge in [-0.05, 0) is 56.8 Å². The standard InChI is InChI=1S/C22H24N2O3S/c1-12-19(28-21(23-12)18(25)14-5-3-2-4-6-14)20(26)24-17-15-7-13-8-16(17)11-22(27,9-13)10-15/h2-6,13,15-17,27H,7-11H2,1H3,(H,24,26)/t13?,15?,16?,17-,22-. The van der Waals surface area contributed by atoms with Crippen molar-refractivity contribution in [1.82, 2.24) is 10.3 Å². The number of hydrogen-bond acceptors (Lipinski definition) is 5. The van der Waals surface area contributed by atoms with Gasteiger partial charge in [0.15, 0.2) is 5.01 Å². The lowest BCUT2D eigenvalue weighted by Gasteiger charge is -2.58. The van der Waals surface area contributed by atoms with Gasteiger partial charge in [0.25, 0.3) is 5.91 Å². The zero-order chi connectivity index (χ0) is 19.5. The van der Waals surface area contributed by atoms with Crippen LogP contribution < -0.4 is 5.32 Å². The highest BCUT2D eigenvalue weighted by Gasteiger charge is 2.55. The van der Waals surface area contributed by atoms with Crippen molar-refractivity contribution in [3.63, 3.8) is 0 Å². The van der Waals surface area contributed by atoms with Gasteiger partial charge in [-0.1, -0.05) is 30.3 Å². The second-order valence-electron chi connectivity index (χ2n) is 8.82. The number of carbonyl (C=O) groups is 2. The Kier molecular flexibility index (Phi) is 4.18. The molecule has 4 aliphatic rings. The molecule has 0 radical (unpaired) electrons. The molecule has 1 aromatic carbocycles. The summed E-state index contributed by atoms with van der Waals surface area (Å²) in [5.41, 5.74) is 0.676. The van der Waals surface area contributed by atoms with Gasteiger partial charge in [0.05, 0.1) is 11.3 Å². The summed E-state index contributed by atoms with van der Waals surface area (Å²) in [4.78, 5) is 30.5. The highest BCUT2D eigenvalue weighted by Crippen LogP contribution is 2.55. The van der Waals surface area contributed by atoms with Gasteiger partial charge in [-0.25, -0.2) is 4.98 Å². The number of thiazole rings is 1. The average molecular weight is 397 g/mol. The molecule has 0 spiro atoms. The van der Waals surface area contributed by atoms with E-state index in [9.17, 15) is 14.7 Å². The summed E-state index contributed by atoms with van der Waals surface area (Å²) in [6.45, 7) is 1.78. The normalized spacial score (nSPS) is 33.1. The second-order valence-corrected chi connectivity index (χ2v) is 9.82. The van der Waals surface area contributed by atoms with E-state index in [1.165, 1.54) is 11.3 Å². The van der Waals surface area contributed by atoms with Crippen LogP contribution in [0.25, 0.3) is 0 Å². The van der Waals surface area contributed by atoms with Gasteiger partial charge < -0.3 is 10.4 Å². The summed E-state index contributed by atoms with van der Waals surface area (Å²) in [7, 11) is 0. The second kappa shape index (κ2) is 6.49. The van der Waals surface area contributed by atoms with Crippen LogP contribution in [0.2, 0.25) is 0 Å². The van der Waals surface area contributed by atoms with E-state index in [1.54, 1.807) is 19.1 Å². The number of hydrogen-bond donors (Lipinski definition) is 2. The van der Waals surface area contributed by atoms with Crippen LogP contribution in [-0.2, 0) is 0 Å². The minimum atomic E-state index is -0.507. The molecule has 1 heterocycles. The number of amides is 1. The van der Waals surface area contributed by atoms with Crippen LogP contribution in [0.3, 0.4) is 0 Å². The first-order valence-electron chi connectivity index (χ1n) is 10.0. The summed E-state index contributed by atoms with van der Waals surface area (Å²) < 4.78 is 0. The van der Waals surface area contributed by atoms with Crippen LogP contribution in [-0.4, -0.2) is 33.4 Å². The predicted molar refractivity (Wildman–Crippen MR) is 106 cm³/mol. The molecule has 28 heavy (non-hydrogen) atoms. The van der Waals surface area contributed by atoms with E-state index in [2.05, 4.69) is 10.3 Å². The number of carbonyl (C=O) groups excluding carboxylic acids is 2. The topological polar surface area (TPSA) is 79.3 Å². The summed E-state index contributed by atoms with van der Waals surface area (Å²) in [6.07, 6.45) is 4.72. The van der Waals surface area contributed by atoms with Gasteiger partial charge in [-0.15, -0.1) is 11.3 Å². The quantitative estimate of drug-likeness (QED) is 0.777. The smallest absolute Gasteiger partial charge is 0.263 e. The van der Waals surface area contributed by atoms with E-state index in [-0.39, 0.29) is 17.7 Å². The molecule has 4 bridgehead atoms. The maximum atomic E-state index is 13.0. The molecule has 1 aromatic heterocycles. The lowest BCUT2D eigenvalue weighted by molar-refractivity contribution is -0.136. The van der Waals surface area contributed by atoms with Crippen molar-refractivity contribution < 1.29 is 14.7 Å². The molecule has 0 saturated heterocycles. The summed E-state index contributed by atoms with van der Waals surface area (Å²) >= 11 is 1.17. The van der Waals surface area contributed by atoms with Crippen LogP contribution in [0.15, 0.2) is 30.3 Å². The van der Waals surface area contributed by atoms with Crippen molar-refractivity contribution in [2.45, 2.75) is 50.7 Å². The lowest BCUT2D eigenvalue weighted by Crippen LogP contribution is -2.61. The molecule has 4 aliphatic carbocycles. The Morgan fingerprint density at radius 2 is 1.82 bits per heavy atom. The third-order valence-electron chi connectivity index (χ3n) is 6.77. The fraction of sp³-hybridized carbons (Fsp3) is 0.500. The Morgan fingerprint density at radius 1 is 1.14 bits per heavy atom. The highest BCUT2D eigenvalue weighted by atomic mass is 32.1. The maximum Gasteiger partial charge on any atom is 0.263 e. The molecule has 6 rings (SSSR count). The van der Waals surface area contributed by atoms with Gasteiger partial charge >= 0.3 is 0 Å². The van der Waals surface area contributed by atoms with Gasteiger partial charge in [0.1, 0.15) is 4.88 Å². The lowest BCUT2D eigenvalue weighted by atomic mass is 9.52. The van der Waals surface area contributed by atoms with Crippen molar-refractivity contribution in [2.24, 2.45) is 17.8 Å². The molecular weight excluding hydrogens is 372 g/mol. The van der Waals surface area contributed by atoms with Crippen LogP contribution in [0.5, 0.6) is 0 Å². The van der Waals surface area contributed by atoms with E-state index < -0.39 is 5.60 Å². The number of aliphatic hydroxyl groups is 1. The first-order chi connectivity index (χ1) is 13.4. The van der Waals surface area contributed by atoms with Crippen molar-refractivity contribution in [3.05, 3.63) is 51.5 Å². The Balaban J connectivity index is 1.34. The molecule has 5 nitrogen and oxygen atoms in total. The summed E-state index contributed by atoms with van der Waals surface area (Å²) in [5, 5.41) is 14.3. The Hall–Kier alpha value is -2.05. The predicted octanol–water partition coefficient (Wildman–Crippen LogP) is 3.35. The minimum absolute atomic E-state index is 0.124. The van der Waals surface area contributed by atoms with Crippen LogP contribution in [0.4, 0.5) is 0 Å². The van der Waals surface area contributed by atoms with Gasteiger partial charge in [0.2, 0.25) is 5.78 Å². The molecular formula is C22H24N2O3S. The van der Waals surface area contributed by atoms with E-state index in [0.29, 0.717) is 38.9 Å². The number of nitrogens with one attached hydrogen (secondary N) is 1. The van der Waals surface area contributed by atoms with Gasteiger partial charge in [0, 0.05) is 11.6 Å². The number of aromatic nitrogens is 1. The minimum Gasteiger partial charge on any atom is -0.390 e. The largest absolute Gasteiger partial charge is 0.390 e. The van der Waals surface area contributed by atoms with Gasteiger partial charge in [-0.2, -0.15) is 0 Å². The van der Waals surface area contributed by atoms with E-state index in [1.807, 2.05) is 18.2 Å². The highest BCUT2D eigenvalue weighted by molar-refractivity contribution is 7.15. The van der Waals surface area contributed by atoms with Crippen molar-refractivity contribution in [1.29, 1.82) is 0 Å². The first-order valence-corrected chi connectivity index (χ1v) is 10.8. The van der Waals surface area contributed by atoms with Crippen LogP contribution in [0.1, 0.15) is 62.8 Å². The zero-order valence-corrected chi connectivity index (χ0v) is 16.7. The SMILES string of the molecule is Cc1nc(C(=O)c2ccccc2)sc1C(=O)N[C@H]1C2CC3CC1C[C@](O)(C3)C2. The Labute approximate surface area is 168 Å². The average Bonchev–Trinajstić information content (AvgIpc) is 3.05. The number of benzene rings is 1. The third kappa shape index (κ3) is 2.99. The maximum absolute atomic E-state index is 13.0. The van der Waals surface area contributed by atoms with Crippen molar-refractivity contribution in [2.75, 3.05) is 0 Å². The Bertz CT molecular complexity index is 923. The van der Waals surface area contributed by atoms with Crippen molar-refractivity contribution in [3.8, 4) is 0 Å². The molecule has 6 heteroatoms. The number of ketones is 1. The summed E-state index contributed by atoms with van der Waals surface area (Å²) in [6, 6.07) is 9.16. The van der Waals surface area contributed by atoms with Crippen LogP contribution >= 0.6 is 11.3 Å². The number of aryl methyl sites for hydroxylation is 1.